The number of nitrogen functional groups attached to an aromatic ring is 1. The predicted octanol–water partition coefficient (Wildman–Crippen LogP) is 2.36. The fraction of sp³-hybridized carbons (Fsp3) is 0.556. The number of alkyl halides is 6. The average Bonchev–Trinajstić information content (AvgIpc) is 2.22. The molecule has 0 aromatic carbocycles. The second-order valence-corrected chi connectivity index (χ2v) is 3.56. The minimum atomic E-state index is -5.63. The number of halogens is 6. The maximum absolute atomic E-state index is 12.3. The van der Waals surface area contributed by atoms with Crippen LogP contribution in [0.3, 0.4) is 0 Å². The van der Waals surface area contributed by atoms with E-state index in [1.54, 1.807) is 6.92 Å². The highest BCUT2D eigenvalue weighted by atomic mass is 19.4. The standard InChI is InChI=1S/C9H10F6N4O/c1-2-17-4-3-5(19-7(16)18-4)20-6(8(10,11)12)9(13,14)15/h3,6H,2H2,1H3,(H3,16,17,18,19). The van der Waals surface area contributed by atoms with Gasteiger partial charge in [-0.25, -0.2) is 0 Å². The van der Waals surface area contributed by atoms with Crippen LogP contribution in [0.2, 0.25) is 0 Å². The zero-order valence-electron chi connectivity index (χ0n) is 10.0. The van der Waals surface area contributed by atoms with Gasteiger partial charge in [-0.1, -0.05) is 0 Å². The highest BCUT2D eigenvalue weighted by Crippen LogP contribution is 2.36. The summed E-state index contributed by atoms with van der Waals surface area (Å²) < 4.78 is 77.8. The van der Waals surface area contributed by atoms with E-state index in [1.807, 2.05) is 0 Å². The fourth-order valence-corrected chi connectivity index (χ4v) is 1.21. The zero-order valence-corrected chi connectivity index (χ0v) is 10.0. The molecule has 0 bridgehead atoms. The Kier molecular flexibility index (Phi) is 4.50. The van der Waals surface area contributed by atoms with Crippen molar-refractivity contribution in [2.45, 2.75) is 25.4 Å². The second-order valence-electron chi connectivity index (χ2n) is 3.56. The molecule has 1 rings (SSSR count). The van der Waals surface area contributed by atoms with Gasteiger partial charge in [-0.15, -0.1) is 0 Å². The molecule has 0 atom stereocenters. The maximum atomic E-state index is 12.3. The Hall–Kier alpha value is -1.94. The van der Waals surface area contributed by atoms with E-state index in [4.69, 9.17) is 5.73 Å². The molecule has 0 saturated carbocycles. The largest absolute Gasteiger partial charge is 0.455 e. The maximum Gasteiger partial charge on any atom is 0.434 e. The zero-order chi connectivity index (χ0) is 15.6. The van der Waals surface area contributed by atoms with Gasteiger partial charge in [0.2, 0.25) is 11.8 Å². The first-order valence-corrected chi connectivity index (χ1v) is 5.22. The first kappa shape index (κ1) is 16.1. The van der Waals surface area contributed by atoms with E-state index >= 15 is 0 Å². The Labute approximate surface area is 109 Å². The molecule has 0 unspecified atom stereocenters. The molecule has 1 aromatic rings. The molecular formula is C9H10F6N4O. The van der Waals surface area contributed by atoms with E-state index < -0.39 is 30.3 Å². The van der Waals surface area contributed by atoms with Crippen LogP contribution in [0.5, 0.6) is 5.88 Å². The van der Waals surface area contributed by atoms with E-state index in [2.05, 4.69) is 20.0 Å². The van der Waals surface area contributed by atoms with Crippen molar-refractivity contribution in [3.63, 3.8) is 0 Å². The summed E-state index contributed by atoms with van der Waals surface area (Å²) in [5.41, 5.74) is 5.18. The van der Waals surface area contributed by atoms with Gasteiger partial charge in [0.25, 0.3) is 6.10 Å². The number of hydrogen-bond donors (Lipinski definition) is 2. The Morgan fingerprint density at radius 1 is 1.20 bits per heavy atom. The SMILES string of the molecule is CCNc1cc(OC(C(F)(F)F)C(F)(F)F)nc(N)n1. The third-order valence-electron chi connectivity index (χ3n) is 1.91. The molecular weight excluding hydrogens is 294 g/mol. The third-order valence-corrected chi connectivity index (χ3v) is 1.91. The predicted molar refractivity (Wildman–Crippen MR) is 57.1 cm³/mol. The van der Waals surface area contributed by atoms with E-state index in [9.17, 15) is 26.3 Å². The van der Waals surface area contributed by atoms with Gasteiger partial charge in [-0.05, 0) is 6.92 Å². The molecule has 0 aliphatic heterocycles. The quantitative estimate of drug-likeness (QED) is 0.835. The van der Waals surface area contributed by atoms with Crippen LogP contribution in [-0.4, -0.2) is 35.0 Å². The highest BCUT2D eigenvalue weighted by Gasteiger charge is 2.59. The van der Waals surface area contributed by atoms with Crippen molar-refractivity contribution in [1.29, 1.82) is 0 Å². The summed E-state index contributed by atoms with van der Waals surface area (Å²) in [6.45, 7) is 1.98. The van der Waals surface area contributed by atoms with Crippen molar-refractivity contribution >= 4 is 11.8 Å². The molecule has 5 nitrogen and oxygen atoms in total. The third kappa shape index (κ3) is 4.31. The van der Waals surface area contributed by atoms with Gasteiger partial charge in [-0.3, -0.25) is 0 Å². The van der Waals surface area contributed by atoms with E-state index in [1.165, 1.54) is 0 Å². The summed E-state index contributed by atoms with van der Waals surface area (Å²) in [5.74, 6) is -1.48. The topological polar surface area (TPSA) is 73.1 Å². The van der Waals surface area contributed by atoms with Crippen LogP contribution in [0.1, 0.15) is 6.92 Å². The van der Waals surface area contributed by atoms with Gasteiger partial charge in [0.05, 0.1) is 0 Å². The first-order chi connectivity index (χ1) is 9.04. The van der Waals surface area contributed by atoms with Crippen LogP contribution in [0.25, 0.3) is 0 Å². The van der Waals surface area contributed by atoms with Crippen molar-refractivity contribution in [1.82, 2.24) is 9.97 Å². The van der Waals surface area contributed by atoms with Crippen molar-refractivity contribution < 1.29 is 31.1 Å². The molecule has 0 fully saturated rings. The monoisotopic (exact) mass is 304 g/mol. The van der Waals surface area contributed by atoms with Gasteiger partial charge >= 0.3 is 12.4 Å². The molecule has 0 aliphatic rings. The van der Waals surface area contributed by atoms with Crippen molar-refractivity contribution in [2.75, 3.05) is 17.6 Å². The van der Waals surface area contributed by atoms with Gasteiger partial charge in [-0.2, -0.15) is 36.3 Å². The van der Waals surface area contributed by atoms with E-state index in [0.717, 1.165) is 6.07 Å². The molecule has 1 heterocycles. The smallest absolute Gasteiger partial charge is 0.434 e. The van der Waals surface area contributed by atoms with Crippen LogP contribution in [0.4, 0.5) is 38.1 Å². The second kappa shape index (κ2) is 5.59. The van der Waals surface area contributed by atoms with Crippen molar-refractivity contribution in [3.8, 4) is 5.88 Å². The van der Waals surface area contributed by atoms with E-state index in [0.29, 0.717) is 6.54 Å². The Morgan fingerprint density at radius 2 is 1.75 bits per heavy atom. The molecule has 0 radical (unpaired) electrons. The molecule has 0 saturated heterocycles. The summed E-state index contributed by atoms with van der Waals surface area (Å²) >= 11 is 0. The molecule has 114 valence electrons. The molecule has 0 spiro atoms. The van der Waals surface area contributed by atoms with Crippen LogP contribution < -0.4 is 15.8 Å². The summed E-state index contributed by atoms with van der Waals surface area (Å²) in [6.07, 6.45) is -15.2. The Balaban J connectivity index is 3.05. The van der Waals surface area contributed by atoms with Crippen molar-refractivity contribution in [2.24, 2.45) is 0 Å². The molecule has 0 amide bonds. The summed E-state index contributed by atoms with van der Waals surface area (Å²) in [4.78, 5) is 6.76. The number of aromatic nitrogens is 2. The first-order valence-electron chi connectivity index (χ1n) is 5.22. The minimum Gasteiger partial charge on any atom is -0.455 e. The van der Waals surface area contributed by atoms with E-state index in [-0.39, 0.29) is 5.82 Å². The van der Waals surface area contributed by atoms with Crippen LogP contribution in [0, 0.1) is 0 Å². The normalized spacial score (nSPS) is 12.6. The molecule has 11 heteroatoms. The number of anilines is 2. The summed E-state index contributed by atoms with van der Waals surface area (Å²) in [6, 6.07) is 0.796. The Morgan fingerprint density at radius 3 is 2.20 bits per heavy atom. The molecule has 1 aromatic heterocycles. The lowest BCUT2D eigenvalue weighted by atomic mass is 10.3. The number of hydrogen-bond acceptors (Lipinski definition) is 5. The molecule has 3 N–H and O–H groups in total. The van der Waals surface area contributed by atoms with Crippen molar-refractivity contribution in [3.05, 3.63) is 6.07 Å². The van der Waals surface area contributed by atoms with Gasteiger partial charge in [0.15, 0.2) is 0 Å². The minimum absolute atomic E-state index is 0.0434. The van der Waals surface area contributed by atoms with Gasteiger partial charge in [0.1, 0.15) is 5.82 Å². The fourth-order valence-electron chi connectivity index (χ4n) is 1.21. The lowest BCUT2D eigenvalue weighted by Gasteiger charge is -2.23. The number of ether oxygens (including phenoxy) is 1. The summed E-state index contributed by atoms with van der Waals surface area (Å²) in [7, 11) is 0. The van der Waals surface area contributed by atoms with Gasteiger partial charge < -0.3 is 15.8 Å². The lowest BCUT2D eigenvalue weighted by Crippen LogP contribution is -2.46. The number of nitrogens with zero attached hydrogens (tertiary/aromatic N) is 2. The number of nitrogens with one attached hydrogen (secondary N) is 1. The van der Waals surface area contributed by atoms with Crippen LogP contribution >= 0.6 is 0 Å². The average molecular weight is 304 g/mol. The summed E-state index contributed by atoms with van der Waals surface area (Å²) in [5, 5.41) is 2.57. The highest BCUT2D eigenvalue weighted by molar-refractivity contribution is 5.42. The Bertz CT molecular complexity index is 447. The lowest BCUT2D eigenvalue weighted by molar-refractivity contribution is -0.300. The van der Waals surface area contributed by atoms with Gasteiger partial charge in [0, 0.05) is 12.6 Å². The van der Waals surface area contributed by atoms with Crippen LogP contribution in [0.15, 0.2) is 6.07 Å². The number of nitrogens with two attached hydrogens (primary N) is 1. The number of rotatable bonds is 4. The molecule has 0 aliphatic carbocycles. The van der Waals surface area contributed by atoms with Crippen LogP contribution in [-0.2, 0) is 0 Å². The molecule has 20 heavy (non-hydrogen) atoms.